The minimum absolute atomic E-state index is 0. The van der Waals surface area contributed by atoms with Gasteiger partial charge < -0.3 is 14.8 Å². The average molecular weight is 344 g/mol. The molecule has 0 amide bonds. The van der Waals surface area contributed by atoms with Crippen LogP contribution in [0.25, 0.3) is 0 Å². The smallest absolute Gasteiger partial charge is 0.320 e. The van der Waals surface area contributed by atoms with Crippen molar-refractivity contribution in [3.8, 4) is 0 Å². The van der Waals surface area contributed by atoms with Crippen LogP contribution in [0.4, 0.5) is 0 Å². The quantitative estimate of drug-likeness (QED) is 0.446. The molecule has 0 aliphatic carbocycles. The zero-order valence-corrected chi connectivity index (χ0v) is 13.4. The molecule has 0 bridgehead atoms. The molecule has 20 heavy (non-hydrogen) atoms. The number of ether oxygens (including phenoxy) is 2. The second-order valence-corrected chi connectivity index (χ2v) is 4.58. The first-order valence-electron chi connectivity index (χ1n) is 5.79. The van der Waals surface area contributed by atoms with Gasteiger partial charge in [-0.15, -0.1) is 12.4 Å². The first-order valence-corrected chi connectivity index (χ1v) is 6.54. The highest BCUT2D eigenvalue weighted by atomic mass is 35.5. The van der Waals surface area contributed by atoms with Crippen LogP contribution in [0.15, 0.2) is 12.1 Å². The number of carbonyl (C=O) groups excluding carboxylic acids is 1. The fourth-order valence-electron chi connectivity index (χ4n) is 1.34. The van der Waals surface area contributed by atoms with E-state index in [4.69, 9.17) is 32.7 Å². The summed E-state index contributed by atoms with van der Waals surface area (Å²) in [7, 11) is 1.64. The lowest BCUT2D eigenvalue weighted by atomic mass is 10.3. The van der Waals surface area contributed by atoms with Gasteiger partial charge in [0.25, 0.3) is 0 Å². The van der Waals surface area contributed by atoms with Gasteiger partial charge >= 0.3 is 5.97 Å². The summed E-state index contributed by atoms with van der Waals surface area (Å²) in [5.74, 6) is -0.332. The SMILES string of the molecule is COCCCNCC(=O)OCc1cc(Cl)nc(Cl)c1.Cl. The lowest BCUT2D eigenvalue weighted by Crippen LogP contribution is -2.26. The minimum atomic E-state index is -0.332. The van der Waals surface area contributed by atoms with Crippen molar-refractivity contribution < 1.29 is 14.3 Å². The van der Waals surface area contributed by atoms with Crippen LogP contribution in [0.1, 0.15) is 12.0 Å². The predicted octanol–water partition coefficient (Wildman–Crippen LogP) is 2.48. The number of nitrogens with one attached hydrogen (secondary N) is 1. The van der Waals surface area contributed by atoms with Crippen LogP contribution in [-0.2, 0) is 20.9 Å². The Morgan fingerprint density at radius 1 is 1.35 bits per heavy atom. The maximum atomic E-state index is 11.4. The Morgan fingerprint density at radius 2 is 2.00 bits per heavy atom. The Kier molecular flexibility index (Phi) is 10.8. The second kappa shape index (κ2) is 11.1. The molecule has 8 heteroatoms. The zero-order chi connectivity index (χ0) is 14.1. The minimum Gasteiger partial charge on any atom is -0.460 e. The lowest BCUT2D eigenvalue weighted by molar-refractivity contribution is -0.143. The van der Waals surface area contributed by atoms with E-state index in [0.717, 1.165) is 6.42 Å². The fourth-order valence-corrected chi connectivity index (χ4v) is 1.85. The highest BCUT2D eigenvalue weighted by Gasteiger charge is 2.05. The summed E-state index contributed by atoms with van der Waals surface area (Å²) in [4.78, 5) is 15.2. The molecule has 1 rings (SSSR count). The van der Waals surface area contributed by atoms with Crippen molar-refractivity contribution in [1.29, 1.82) is 0 Å². The van der Waals surface area contributed by atoms with E-state index in [1.165, 1.54) is 0 Å². The number of hydrogen-bond acceptors (Lipinski definition) is 5. The van der Waals surface area contributed by atoms with E-state index >= 15 is 0 Å². The molecule has 0 aliphatic heterocycles. The number of carbonyl (C=O) groups is 1. The number of esters is 1. The van der Waals surface area contributed by atoms with Gasteiger partial charge in [0.1, 0.15) is 16.9 Å². The normalized spacial score (nSPS) is 9.95. The molecule has 114 valence electrons. The molecule has 1 aromatic rings. The summed E-state index contributed by atoms with van der Waals surface area (Å²) in [6.07, 6.45) is 0.847. The third-order valence-electron chi connectivity index (χ3n) is 2.19. The van der Waals surface area contributed by atoms with Gasteiger partial charge in [0, 0.05) is 13.7 Å². The highest BCUT2D eigenvalue weighted by Crippen LogP contribution is 2.15. The van der Waals surface area contributed by atoms with Gasteiger partial charge in [0.2, 0.25) is 0 Å². The lowest BCUT2D eigenvalue weighted by Gasteiger charge is -2.07. The summed E-state index contributed by atoms with van der Waals surface area (Å²) in [5.41, 5.74) is 0.706. The van der Waals surface area contributed by atoms with Crippen molar-refractivity contribution in [3.63, 3.8) is 0 Å². The summed E-state index contributed by atoms with van der Waals surface area (Å²) in [6, 6.07) is 3.21. The molecule has 0 radical (unpaired) electrons. The third-order valence-corrected chi connectivity index (χ3v) is 2.58. The standard InChI is InChI=1S/C12H16Cl2N2O3.ClH/c1-18-4-2-3-15-7-12(17)19-8-9-5-10(13)16-11(14)6-9;/h5-6,15H,2-4,7-8H2,1H3;1H. The maximum absolute atomic E-state index is 11.4. The molecule has 0 unspecified atom stereocenters. The van der Waals surface area contributed by atoms with E-state index < -0.39 is 0 Å². The van der Waals surface area contributed by atoms with Crippen molar-refractivity contribution >= 4 is 41.6 Å². The monoisotopic (exact) mass is 342 g/mol. The van der Waals surface area contributed by atoms with Crippen molar-refractivity contribution in [2.45, 2.75) is 13.0 Å². The van der Waals surface area contributed by atoms with E-state index in [9.17, 15) is 4.79 Å². The molecule has 0 aliphatic rings. The number of rotatable bonds is 8. The molecular formula is C12H17Cl3N2O3. The van der Waals surface area contributed by atoms with Gasteiger partial charge in [-0.05, 0) is 30.7 Å². The third kappa shape index (κ3) is 8.55. The van der Waals surface area contributed by atoms with Gasteiger partial charge in [-0.1, -0.05) is 23.2 Å². The number of halogens is 3. The van der Waals surface area contributed by atoms with Gasteiger partial charge in [0.05, 0.1) is 6.54 Å². The average Bonchev–Trinajstić information content (AvgIpc) is 2.35. The number of nitrogens with zero attached hydrogens (tertiary/aromatic N) is 1. The zero-order valence-electron chi connectivity index (χ0n) is 11.0. The Hall–Kier alpha value is -0.590. The number of aromatic nitrogens is 1. The molecule has 0 saturated heterocycles. The highest BCUT2D eigenvalue weighted by molar-refractivity contribution is 6.32. The summed E-state index contributed by atoms with van der Waals surface area (Å²) >= 11 is 11.5. The van der Waals surface area contributed by atoms with Crippen LogP contribution in [0.5, 0.6) is 0 Å². The van der Waals surface area contributed by atoms with Crippen LogP contribution in [0, 0.1) is 0 Å². The molecule has 0 spiro atoms. The predicted molar refractivity (Wildman–Crippen MR) is 80.7 cm³/mol. The number of pyridine rings is 1. The van der Waals surface area contributed by atoms with E-state index in [-0.39, 0.29) is 41.8 Å². The Labute approximate surface area is 134 Å². The van der Waals surface area contributed by atoms with Crippen molar-refractivity contribution in [3.05, 3.63) is 28.0 Å². The van der Waals surface area contributed by atoms with Crippen molar-refractivity contribution in [1.82, 2.24) is 10.3 Å². The molecular weight excluding hydrogens is 327 g/mol. The van der Waals surface area contributed by atoms with Crippen molar-refractivity contribution in [2.75, 3.05) is 26.8 Å². The van der Waals surface area contributed by atoms with Gasteiger partial charge in [-0.3, -0.25) is 4.79 Å². The van der Waals surface area contributed by atoms with Crippen LogP contribution in [0.3, 0.4) is 0 Å². The van der Waals surface area contributed by atoms with Crippen LogP contribution in [0.2, 0.25) is 10.3 Å². The fraction of sp³-hybridized carbons (Fsp3) is 0.500. The molecule has 1 heterocycles. The van der Waals surface area contributed by atoms with Gasteiger partial charge in [-0.2, -0.15) is 0 Å². The van der Waals surface area contributed by atoms with E-state index in [2.05, 4.69) is 10.3 Å². The largest absolute Gasteiger partial charge is 0.460 e. The molecule has 0 atom stereocenters. The van der Waals surface area contributed by atoms with E-state index in [0.29, 0.717) is 18.7 Å². The van der Waals surface area contributed by atoms with Crippen molar-refractivity contribution in [2.24, 2.45) is 0 Å². The molecule has 0 fully saturated rings. The van der Waals surface area contributed by atoms with Crippen LogP contribution < -0.4 is 5.32 Å². The first kappa shape index (κ1) is 19.4. The number of methoxy groups -OCH3 is 1. The maximum Gasteiger partial charge on any atom is 0.320 e. The van der Waals surface area contributed by atoms with Crippen LogP contribution in [-0.4, -0.2) is 37.8 Å². The first-order chi connectivity index (χ1) is 9.11. The summed E-state index contributed by atoms with van der Waals surface area (Å²) < 4.78 is 9.96. The summed E-state index contributed by atoms with van der Waals surface area (Å²) in [6.45, 7) is 1.66. The summed E-state index contributed by atoms with van der Waals surface area (Å²) in [5, 5.41) is 3.51. The molecule has 1 aromatic heterocycles. The molecule has 1 N–H and O–H groups in total. The Morgan fingerprint density at radius 3 is 2.60 bits per heavy atom. The van der Waals surface area contributed by atoms with E-state index in [1.54, 1.807) is 19.2 Å². The second-order valence-electron chi connectivity index (χ2n) is 3.80. The van der Waals surface area contributed by atoms with Gasteiger partial charge in [0.15, 0.2) is 0 Å². The topological polar surface area (TPSA) is 60.5 Å². The van der Waals surface area contributed by atoms with Gasteiger partial charge in [-0.25, -0.2) is 4.98 Å². The van der Waals surface area contributed by atoms with Crippen LogP contribution >= 0.6 is 35.6 Å². The Balaban J connectivity index is 0.00000361. The molecule has 0 aromatic carbocycles. The molecule has 0 saturated carbocycles. The Bertz CT molecular complexity index is 399. The number of hydrogen-bond donors (Lipinski definition) is 1. The van der Waals surface area contributed by atoms with E-state index in [1.807, 2.05) is 0 Å². The molecule has 5 nitrogen and oxygen atoms in total.